The van der Waals surface area contributed by atoms with Gasteiger partial charge in [-0.05, 0) is 44.0 Å². The summed E-state index contributed by atoms with van der Waals surface area (Å²) in [5.41, 5.74) is 4.64. The van der Waals surface area contributed by atoms with E-state index in [9.17, 15) is 13.6 Å². The molecule has 0 spiro atoms. The van der Waals surface area contributed by atoms with E-state index in [1.807, 2.05) is 44.2 Å². The Morgan fingerprint density at radius 3 is 2.68 bits per heavy atom. The number of halogens is 2. The number of alkyl halides is 2. The topological polar surface area (TPSA) is 87.3 Å². The Balaban J connectivity index is 1.26. The summed E-state index contributed by atoms with van der Waals surface area (Å²) in [6, 6.07) is 9.80. The number of pyridine rings is 1. The fraction of sp³-hybridized carbons (Fsp3) is 0.462. The average Bonchev–Trinajstić information content (AvgIpc) is 3.43. The van der Waals surface area contributed by atoms with Crippen molar-refractivity contribution in [3.8, 4) is 11.1 Å². The fourth-order valence-corrected chi connectivity index (χ4v) is 4.86. The minimum Gasteiger partial charge on any atom is -0.374 e. The number of hydrogen-bond acceptors (Lipinski definition) is 7. The Hall–Kier alpha value is -3.28. The molecule has 1 aromatic carbocycles. The summed E-state index contributed by atoms with van der Waals surface area (Å²) in [6.45, 7) is 3.98. The number of imidazole rings is 1. The van der Waals surface area contributed by atoms with Crippen LogP contribution in [0.15, 0.2) is 41.3 Å². The molecule has 1 aliphatic heterocycles. The molecule has 0 bridgehead atoms. The largest absolute Gasteiger partial charge is 0.374 e. The number of ether oxygens (including phenoxy) is 2. The molecule has 1 atom stereocenters. The van der Waals surface area contributed by atoms with Crippen LogP contribution in [-0.4, -0.2) is 68.2 Å². The van der Waals surface area contributed by atoms with Gasteiger partial charge in [-0.1, -0.05) is 12.1 Å². The lowest BCUT2D eigenvalue weighted by Gasteiger charge is -2.16. The van der Waals surface area contributed by atoms with Crippen LogP contribution in [0.4, 0.5) is 8.78 Å². The molecule has 1 saturated heterocycles. The Kier molecular flexibility index (Phi) is 7.27. The van der Waals surface area contributed by atoms with Gasteiger partial charge < -0.3 is 9.47 Å². The molecule has 1 aliphatic rings. The smallest absolute Gasteiger partial charge is 0.345 e. The molecular formula is C26H30F2N6O3. The van der Waals surface area contributed by atoms with E-state index in [0.717, 1.165) is 39.8 Å². The Morgan fingerprint density at radius 2 is 1.95 bits per heavy atom. The Bertz CT molecular complexity index is 1450. The van der Waals surface area contributed by atoms with Gasteiger partial charge >= 0.3 is 12.3 Å². The first-order valence-corrected chi connectivity index (χ1v) is 12.4. The first kappa shape index (κ1) is 25.4. The second-order valence-corrected chi connectivity index (χ2v) is 9.61. The zero-order valence-electron chi connectivity index (χ0n) is 21.1. The summed E-state index contributed by atoms with van der Waals surface area (Å²) in [7, 11) is 1.71. The quantitative estimate of drug-likeness (QED) is 0.316. The van der Waals surface area contributed by atoms with Gasteiger partial charge in [0, 0.05) is 49.9 Å². The van der Waals surface area contributed by atoms with Gasteiger partial charge in [-0.25, -0.2) is 4.79 Å². The standard InChI is InChI=1S/C26H30F2N6O3/c1-16(2)34-23-21-12-17(5-7-22(21)30-31-24(23)32(3)26(34)35)18-4-6-19(29-13-18)15-36-11-10-33-9-8-20(14-33)37-25(27)28/h4-7,12-13,16,20,25H,8-11,14-15H2,1-3H3/t20-/m0/s1. The molecule has 0 amide bonds. The molecular weight excluding hydrogens is 482 g/mol. The third-order valence-corrected chi connectivity index (χ3v) is 6.77. The fourth-order valence-electron chi connectivity index (χ4n) is 4.86. The number of rotatable bonds is 9. The average molecular weight is 513 g/mol. The van der Waals surface area contributed by atoms with E-state index >= 15 is 0 Å². The first-order chi connectivity index (χ1) is 17.8. The summed E-state index contributed by atoms with van der Waals surface area (Å²) < 4.78 is 38.3. The maximum absolute atomic E-state index is 12.8. The molecule has 0 radical (unpaired) electrons. The van der Waals surface area contributed by atoms with Gasteiger partial charge in [0.05, 0.1) is 30.5 Å². The highest BCUT2D eigenvalue weighted by Gasteiger charge is 2.25. The molecule has 5 rings (SSSR count). The van der Waals surface area contributed by atoms with Crippen molar-refractivity contribution in [1.29, 1.82) is 0 Å². The van der Waals surface area contributed by atoms with Crippen molar-refractivity contribution in [3.63, 3.8) is 0 Å². The van der Waals surface area contributed by atoms with E-state index in [0.29, 0.717) is 38.4 Å². The highest BCUT2D eigenvalue weighted by molar-refractivity contribution is 6.02. The lowest BCUT2D eigenvalue weighted by atomic mass is 10.0. The zero-order chi connectivity index (χ0) is 26.1. The lowest BCUT2D eigenvalue weighted by Crippen LogP contribution is -2.27. The van der Waals surface area contributed by atoms with Crippen molar-refractivity contribution in [2.24, 2.45) is 7.05 Å². The number of benzene rings is 1. The summed E-state index contributed by atoms with van der Waals surface area (Å²) >= 11 is 0. The molecule has 3 aromatic heterocycles. The van der Waals surface area contributed by atoms with Crippen LogP contribution in [0, 0.1) is 0 Å². The maximum Gasteiger partial charge on any atom is 0.345 e. The number of likely N-dealkylation sites (tertiary alicyclic amines) is 1. The van der Waals surface area contributed by atoms with Gasteiger partial charge in [-0.3, -0.25) is 19.0 Å². The van der Waals surface area contributed by atoms with Gasteiger partial charge in [0.1, 0.15) is 5.52 Å². The molecule has 0 aliphatic carbocycles. The Labute approximate surface area is 212 Å². The van der Waals surface area contributed by atoms with E-state index in [1.54, 1.807) is 17.8 Å². The lowest BCUT2D eigenvalue weighted by molar-refractivity contribution is -0.158. The summed E-state index contributed by atoms with van der Waals surface area (Å²) in [5.74, 6) is 0. The van der Waals surface area contributed by atoms with Crippen molar-refractivity contribution in [2.75, 3.05) is 26.2 Å². The summed E-state index contributed by atoms with van der Waals surface area (Å²) in [5, 5.41) is 9.48. The van der Waals surface area contributed by atoms with Gasteiger partial charge in [0.2, 0.25) is 0 Å². The SMILES string of the molecule is CC(C)n1c(=O)n(C)c2nnc3ccc(-c4ccc(COCCN5CC[C@H](OC(F)F)C5)nc4)cc3c21. The molecule has 0 unspecified atom stereocenters. The number of aromatic nitrogens is 5. The normalized spacial score (nSPS) is 16.7. The minimum atomic E-state index is -2.72. The van der Waals surface area contributed by atoms with Gasteiger partial charge in [0.25, 0.3) is 0 Å². The number of fused-ring (bicyclic) bond motifs is 3. The van der Waals surface area contributed by atoms with Gasteiger partial charge in [-0.2, -0.15) is 8.78 Å². The van der Waals surface area contributed by atoms with Crippen LogP contribution in [0.25, 0.3) is 33.2 Å². The third-order valence-electron chi connectivity index (χ3n) is 6.77. The van der Waals surface area contributed by atoms with Gasteiger partial charge in [-0.15, -0.1) is 10.2 Å². The number of hydrogen-bond donors (Lipinski definition) is 0. The van der Waals surface area contributed by atoms with Gasteiger partial charge in [0.15, 0.2) is 5.65 Å². The zero-order valence-corrected chi connectivity index (χ0v) is 21.1. The highest BCUT2D eigenvalue weighted by Crippen LogP contribution is 2.28. The van der Waals surface area contributed by atoms with E-state index in [2.05, 4.69) is 24.8 Å². The van der Waals surface area contributed by atoms with Crippen molar-refractivity contribution < 1.29 is 18.3 Å². The number of nitrogens with zero attached hydrogens (tertiary/aromatic N) is 6. The van der Waals surface area contributed by atoms with Crippen molar-refractivity contribution >= 4 is 22.1 Å². The molecule has 1 fully saturated rings. The van der Waals surface area contributed by atoms with E-state index in [-0.39, 0.29) is 11.7 Å². The molecule has 37 heavy (non-hydrogen) atoms. The monoisotopic (exact) mass is 512 g/mol. The Morgan fingerprint density at radius 1 is 1.14 bits per heavy atom. The summed E-state index contributed by atoms with van der Waals surface area (Å²) in [6.07, 6.45) is 2.01. The first-order valence-electron chi connectivity index (χ1n) is 12.4. The van der Waals surface area contributed by atoms with Crippen LogP contribution < -0.4 is 5.69 Å². The van der Waals surface area contributed by atoms with Crippen molar-refractivity contribution in [2.45, 2.75) is 45.6 Å². The van der Waals surface area contributed by atoms with Crippen LogP contribution >= 0.6 is 0 Å². The van der Waals surface area contributed by atoms with E-state index in [4.69, 9.17) is 4.74 Å². The van der Waals surface area contributed by atoms with Crippen LogP contribution in [0.5, 0.6) is 0 Å². The molecule has 0 N–H and O–H groups in total. The molecule has 0 saturated carbocycles. The number of aryl methyl sites for hydroxylation is 1. The van der Waals surface area contributed by atoms with Crippen LogP contribution in [0.2, 0.25) is 0 Å². The maximum atomic E-state index is 12.8. The van der Waals surface area contributed by atoms with E-state index in [1.165, 1.54) is 4.57 Å². The molecule has 4 aromatic rings. The van der Waals surface area contributed by atoms with Crippen molar-refractivity contribution in [3.05, 3.63) is 52.7 Å². The second kappa shape index (κ2) is 10.6. The van der Waals surface area contributed by atoms with Crippen LogP contribution in [0.3, 0.4) is 0 Å². The van der Waals surface area contributed by atoms with E-state index < -0.39 is 12.7 Å². The highest BCUT2D eigenvalue weighted by atomic mass is 19.3. The molecule has 11 heteroatoms. The molecule has 4 heterocycles. The van der Waals surface area contributed by atoms with Crippen LogP contribution in [-0.2, 0) is 23.1 Å². The second-order valence-electron chi connectivity index (χ2n) is 9.61. The minimum absolute atomic E-state index is 0.0222. The molecule has 196 valence electrons. The van der Waals surface area contributed by atoms with Crippen LogP contribution in [0.1, 0.15) is 32.0 Å². The predicted octanol–water partition coefficient (Wildman–Crippen LogP) is 3.76. The summed E-state index contributed by atoms with van der Waals surface area (Å²) in [4.78, 5) is 19.4. The van der Waals surface area contributed by atoms with Crippen molar-refractivity contribution in [1.82, 2.24) is 29.2 Å². The third kappa shape index (κ3) is 5.25. The predicted molar refractivity (Wildman–Crippen MR) is 135 cm³/mol. The molecule has 9 nitrogen and oxygen atoms in total.